The molecular formula is C26H20FN7O2. The second-order valence-corrected chi connectivity index (χ2v) is 8.00. The molecule has 10 heteroatoms. The van der Waals surface area contributed by atoms with Crippen LogP contribution in [0.25, 0.3) is 33.4 Å². The number of terminal acetylenes is 1. The molecule has 3 N–H and O–H groups in total. The van der Waals surface area contributed by atoms with Crippen LogP contribution in [0.1, 0.15) is 17.0 Å². The van der Waals surface area contributed by atoms with Gasteiger partial charge in [0.25, 0.3) is 0 Å². The standard InChI is InChI=1S/C26H20FN7O2/c1-4-17-9-16(12-35)18(11-30-17)23-21(22-24(28)31-13-32-25(22)34(23)3)15-5-6-20(19(27)10-15)36-26-29-8-7-14(2)33-26/h1,5-11,13,35H,12H2,2-3H3,(H2,28,31,32). The van der Waals surface area contributed by atoms with Crippen LogP contribution >= 0.6 is 0 Å². The molecule has 0 aliphatic heterocycles. The number of nitrogens with zero attached hydrogens (tertiary/aromatic N) is 6. The molecule has 0 fully saturated rings. The van der Waals surface area contributed by atoms with E-state index >= 15 is 4.39 Å². The number of nitrogens with two attached hydrogens (primary N) is 1. The number of nitrogen functional groups attached to an aromatic ring is 1. The fourth-order valence-corrected chi connectivity index (χ4v) is 4.10. The van der Waals surface area contributed by atoms with Crippen LogP contribution in [0.4, 0.5) is 10.2 Å². The Morgan fingerprint density at radius 1 is 1.17 bits per heavy atom. The average molecular weight is 481 g/mol. The first-order valence-electron chi connectivity index (χ1n) is 10.8. The molecule has 1 aromatic carbocycles. The first-order valence-corrected chi connectivity index (χ1v) is 10.8. The second kappa shape index (κ2) is 9.05. The minimum atomic E-state index is -0.626. The highest BCUT2D eigenvalue weighted by atomic mass is 19.1. The minimum Gasteiger partial charge on any atom is -0.421 e. The predicted molar refractivity (Wildman–Crippen MR) is 132 cm³/mol. The molecule has 0 amide bonds. The third-order valence-corrected chi connectivity index (χ3v) is 5.75. The van der Waals surface area contributed by atoms with Crippen molar-refractivity contribution in [3.05, 3.63) is 71.8 Å². The molecule has 178 valence electrons. The molecule has 0 atom stereocenters. The lowest BCUT2D eigenvalue weighted by Crippen LogP contribution is -2.00. The predicted octanol–water partition coefficient (Wildman–Crippen LogP) is 3.78. The van der Waals surface area contributed by atoms with Gasteiger partial charge in [0.15, 0.2) is 11.6 Å². The summed E-state index contributed by atoms with van der Waals surface area (Å²) in [4.78, 5) is 21.0. The quantitative estimate of drug-likeness (QED) is 0.363. The number of benzene rings is 1. The van der Waals surface area contributed by atoms with Crippen molar-refractivity contribution in [3.8, 4) is 46.5 Å². The van der Waals surface area contributed by atoms with Crippen molar-refractivity contribution in [3.63, 3.8) is 0 Å². The zero-order valence-corrected chi connectivity index (χ0v) is 19.4. The van der Waals surface area contributed by atoms with Gasteiger partial charge in [-0.15, -0.1) is 6.42 Å². The molecule has 5 aromatic rings. The molecule has 0 aliphatic rings. The van der Waals surface area contributed by atoms with Crippen LogP contribution in [0.15, 0.2) is 49.1 Å². The summed E-state index contributed by atoms with van der Waals surface area (Å²) in [6, 6.07) is 7.90. The second-order valence-electron chi connectivity index (χ2n) is 8.00. The molecule has 4 heterocycles. The summed E-state index contributed by atoms with van der Waals surface area (Å²) in [6.45, 7) is 1.50. The van der Waals surface area contributed by atoms with Crippen LogP contribution in [-0.4, -0.2) is 34.6 Å². The van der Waals surface area contributed by atoms with E-state index < -0.39 is 5.82 Å². The third-order valence-electron chi connectivity index (χ3n) is 5.75. The molecule has 5 rings (SSSR count). The Morgan fingerprint density at radius 3 is 2.72 bits per heavy atom. The summed E-state index contributed by atoms with van der Waals surface area (Å²) in [5.74, 6) is 2.03. The number of aromatic nitrogens is 6. The number of ether oxygens (including phenoxy) is 1. The van der Waals surface area contributed by atoms with E-state index in [0.717, 1.165) is 0 Å². The van der Waals surface area contributed by atoms with E-state index in [9.17, 15) is 5.11 Å². The summed E-state index contributed by atoms with van der Waals surface area (Å²) in [5.41, 5.74) is 10.7. The summed E-state index contributed by atoms with van der Waals surface area (Å²) >= 11 is 0. The number of hydrogen-bond donors (Lipinski definition) is 2. The number of aliphatic hydroxyl groups excluding tert-OH is 1. The zero-order chi connectivity index (χ0) is 25.4. The molecule has 0 radical (unpaired) electrons. The van der Waals surface area contributed by atoms with Crippen molar-refractivity contribution in [2.45, 2.75) is 13.5 Å². The Labute approximate surface area is 205 Å². The Morgan fingerprint density at radius 2 is 2.00 bits per heavy atom. The van der Waals surface area contributed by atoms with Gasteiger partial charge in [0.2, 0.25) is 0 Å². The third kappa shape index (κ3) is 3.87. The number of hydrogen-bond acceptors (Lipinski definition) is 8. The Kier molecular flexibility index (Phi) is 5.76. The molecule has 0 spiro atoms. The van der Waals surface area contributed by atoms with E-state index in [4.69, 9.17) is 16.9 Å². The van der Waals surface area contributed by atoms with Gasteiger partial charge in [-0.05, 0) is 42.3 Å². The van der Waals surface area contributed by atoms with Gasteiger partial charge < -0.3 is 20.1 Å². The topological polar surface area (TPSA) is 125 Å². The van der Waals surface area contributed by atoms with Crippen molar-refractivity contribution in [2.75, 3.05) is 5.73 Å². The lowest BCUT2D eigenvalue weighted by Gasteiger charge is -2.13. The van der Waals surface area contributed by atoms with Gasteiger partial charge >= 0.3 is 6.01 Å². The lowest BCUT2D eigenvalue weighted by molar-refractivity contribution is 0.282. The average Bonchev–Trinajstić information content (AvgIpc) is 3.18. The highest BCUT2D eigenvalue weighted by Crippen LogP contribution is 2.43. The zero-order valence-electron chi connectivity index (χ0n) is 19.4. The maximum Gasteiger partial charge on any atom is 0.322 e. The lowest BCUT2D eigenvalue weighted by atomic mass is 9.96. The van der Waals surface area contributed by atoms with Crippen molar-refractivity contribution >= 4 is 16.9 Å². The maximum absolute atomic E-state index is 15.3. The number of rotatable bonds is 5. The van der Waals surface area contributed by atoms with Crippen LogP contribution in [0.5, 0.6) is 11.8 Å². The van der Waals surface area contributed by atoms with E-state index in [-0.39, 0.29) is 24.2 Å². The summed E-state index contributed by atoms with van der Waals surface area (Å²) in [7, 11) is 1.80. The fourth-order valence-electron chi connectivity index (χ4n) is 4.10. The van der Waals surface area contributed by atoms with Gasteiger partial charge in [-0.3, -0.25) is 0 Å². The van der Waals surface area contributed by atoms with Gasteiger partial charge in [0.05, 0.1) is 17.7 Å². The SMILES string of the molecule is C#Cc1cc(CO)c(-c2c(-c3ccc(Oc4nccc(C)n4)c(F)c3)c3c(N)ncnc3n2C)cn1. The number of fused-ring (bicyclic) bond motifs is 1. The normalized spacial score (nSPS) is 11.0. The Balaban J connectivity index is 1.72. The monoisotopic (exact) mass is 481 g/mol. The number of aliphatic hydroxyl groups is 1. The van der Waals surface area contributed by atoms with Gasteiger partial charge in [0, 0.05) is 36.3 Å². The molecule has 0 unspecified atom stereocenters. The fraction of sp³-hybridized carbons (Fsp3) is 0.115. The van der Waals surface area contributed by atoms with E-state index in [1.807, 2.05) is 0 Å². The molecule has 4 aromatic heterocycles. The molecule has 0 saturated carbocycles. The molecule has 0 bridgehead atoms. The van der Waals surface area contributed by atoms with E-state index in [1.165, 1.54) is 24.7 Å². The van der Waals surface area contributed by atoms with Crippen molar-refractivity contribution in [2.24, 2.45) is 7.05 Å². The molecule has 9 nitrogen and oxygen atoms in total. The van der Waals surface area contributed by atoms with Crippen LogP contribution in [0.2, 0.25) is 0 Å². The molecule has 0 aliphatic carbocycles. The smallest absolute Gasteiger partial charge is 0.322 e. The van der Waals surface area contributed by atoms with Crippen molar-refractivity contribution in [1.29, 1.82) is 0 Å². The van der Waals surface area contributed by atoms with Gasteiger partial charge in [0.1, 0.15) is 23.5 Å². The largest absolute Gasteiger partial charge is 0.421 e. The van der Waals surface area contributed by atoms with Gasteiger partial charge in [-0.25, -0.2) is 29.3 Å². The first kappa shape index (κ1) is 22.9. The highest BCUT2D eigenvalue weighted by Gasteiger charge is 2.24. The van der Waals surface area contributed by atoms with Crippen LogP contribution in [0, 0.1) is 25.1 Å². The molecule has 0 saturated heterocycles. The van der Waals surface area contributed by atoms with E-state index in [1.54, 1.807) is 42.9 Å². The Hall–Kier alpha value is -4.88. The van der Waals surface area contributed by atoms with Crippen LogP contribution in [0.3, 0.4) is 0 Å². The summed E-state index contributed by atoms with van der Waals surface area (Å²) in [6.07, 6.45) is 9.96. The van der Waals surface area contributed by atoms with Crippen LogP contribution in [-0.2, 0) is 13.7 Å². The van der Waals surface area contributed by atoms with E-state index in [0.29, 0.717) is 50.4 Å². The van der Waals surface area contributed by atoms with E-state index in [2.05, 4.69) is 30.8 Å². The summed E-state index contributed by atoms with van der Waals surface area (Å²) in [5, 5.41) is 10.6. The highest BCUT2D eigenvalue weighted by molar-refractivity contribution is 6.08. The minimum absolute atomic E-state index is 0.0357. The number of aryl methyl sites for hydroxylation is 2. The first-order chi connectivity index (χ1) is 17.4. The number of pyridine rings is 1. The molecular weight excluding hydrogens is 461 g/mol. The summed E-state index contributed by atoms with van der Waals surface area (Å²) < 4.78 is 22.6. The number of anilines is 1. The maximum atomic E-state index is 15.3. The molecule has 36 heavy (non-hydrogen) atoms. The van der Waals surface area contributed by atoms with Gasteiger partial charge in [-0.1, -0.05) is 12.0 Å². The van der Waals surface area contributed by atoms with Crippen LogP contribution < -0.4 is 10.5 Å². The van der Waals surface area contributed by atoms with Crippen molar-refractivity contribution < 1.29 is 14.2 Å². The Bertz CT molecular complexity index is 1670. The van der Waals surface area contributed by atoms with Gasteiger partial charge in [-0.2, -0.15) is 0 Å². The number of halogens is 1. The van der Waals surface area contributed by atoms with Crippen molar-refractivity contribution in [1.82, 2.24) is 29.5 Å².